The number of hydrogen-bond donors (Lipinski definition) is 2. The molecule has 0 saturated heterocycles. The highest BCUT2D eigenvalue weighted by atomic mass is 16.5. The summed E-state index contributed by atoms with van der Waals surface area (Å²) in [6.45, 7) is 33.6. The lowest BCUT2D eigenvalue weighted by atomic mass is 9.79. The number of ether oxygens (including phenoxy) is 3. The van der Waals surface area contributed by atoms with Gasteiger partial charge in [0, 0.05) is 32.2 Å². The van der Waals surface area contributed by atoms with Crippen molar-refractivity contribution < 1.29 is 19.3 Å². The Balaban J connectivity index is 1.98. The smallest absolute Gasteiger partial charge is 0.126 e. The molecule has 0 saturated carbocycles. The van der Waals surface area contributed by atoms with E-state index in [9.17, 15) is 5.11 Å². The molecule has 1 aliphatic rings. The van der Waals surface area contributed by atoms with Gasteiger partial charge in [0.05, 0.1) is 13.2 Å². The number of fused-ring (bicyclic) bond motifs is 8. The molecule has 0 atom stereocenters. The minimum atomic E-state index is -0.134. The molecule has 310 valence electrons. The van der Waals surface area contributed by atoms with Gasteiger partial charge in [0.25, 0.3) is 0 Å². The molecule has 0 aromatic heterocycles. The molecule has 4 aromatic carbocycles. The highest BCUT2D eigenvalue weighted by Gasteiger charge is 2.29. The van der Waals surface area contributed by atoms with Gasteiger partial charge in [0.1, 0.15) is 29.6 Å². The fourth-order valence-corrected chi connectivity index (χ4v) is 7.76. The lowest BCUT2D eigenvalue weighted by Gasteiger charge is -2.29. The topological polar surface area (TPSA) is 73.9 Å². The van der Waals surface area contributed by atoms with Crippen molar-refractivity contribution in [3.8, 4) is 23.0 Å². The molecule has 0 fully saturated rings. The van der Waals surface area contributed by atoms with Crippen molar-refractivity contribution in [1.82, 2.24) is 0 Å². The normalized spacial score (nSPS) is 13.7. The summed E-state index contributed by atoms with van der Waals surface area (Å²) in [5, 5.41) is 12.4. The number of benzene rings is 4. The molecule has 0 spiro atoms. The van der Waals surface area contributed by atoms with E-state index in [1.54, 1.807) is 0 Å². The predicted octanol–water partition coefficient (Wildman–Crippen LogP) is 12.2. The van der Waals surface area contributed by atoms with Gasteiger partial charge in [-0.05, 0) is 101 Å². The number of aromatic hydroxyl groups is 1. The zero-order valence-corrected chi connectivity index (χ0v) is 37.9. The molecular weight excluding hydrogens is 703 g/mol. The second-order valence-corrected chi connectivity index (χ2v) is 20.6. The monoisotopic (exact) mass is 776 g/mol. The molecule has 57 heavy (non-hydrogen) atoms. The first-order chi connectivity index (χ1) is 26.5. The fraction of sp³-hybridized carbons (Fsp3) is 0.538. The first kappa shape index (κ1) is 44.1. The molecule has 0 unspecified atom stereocenters. The van der Waals surface area contributed by atoms with E-state index >= 15 is 0 Å². The number of phenols is 1. The molecule has 0 amide bonds. The van der Waals surface area contributed by atoms with Gasteiger partial charge >= 0.3 is 0 Å². The van der Waals surface area contributed by atoms with E-state index in [-0.39, 0.29) is 21.7 Å². The molecule has 8 bridgehead atoms. The summed E-state index contributed by atoms with van der Waals surface area (Å²) in [5.74, 6) is 3.05. The second-order valence-electron chi connectivity index (χ2n) is 20.6. The van der Waals surface area contributed by atoms with Crippen molar-refractivity contribution in [1.29, 1.82) is 0 Å². The lowest BCUT2D eigenvalue weighted by molar-refractivity contribution is 0.309. The Kier molecular flexibility index (Phi) is 13.2. The Labute approximate surface area is 345 Å². The second kappa shape index (κ2) is 17.1. The van der Waals surface area contributed by atoms with Crippen LogP contribution >= 0.6 is 0 Å². The number of nitrogens with two attached hydrogens (primary N) is 1. The van der Waals surface area contributed by atoms with Gasteiger partial charge in [0.15, 0.2) is 0 Å². The van der Waals surface area contributed by atoms with Crippen LogP contribution in [0.4, 0.5) is 0 Å². The molecule has 0 radical (unpaired) electrons. The molecule has 3 N–H and O–H groups in total. The minimum absolute atomic E-state index is 0.109. The van der Waals surface area contributed by atoms with Crippen molar-refractivity contribution >= 4 is 0 Å². The van der Waals surface area contributed by atoms with Gasteiger partial charge in [-0.15, -0.1) is 0 Å². The van der Waals surface area contributed by atoms with Crippen LogP contribution in [0.25, 0.3) is 0 Å². The van der Waals surface area contributed by atoms with E-state index in [1.165, 1.54) is 22.3 Å². The molecular formula is C52H73NO4. The Bertz CT molecular complexity index is 1920. The zero-order chi connectivity index (χ0) is 42.1. The maximum Gasteiger partial charge on any atom is 0.126 e. The van der Waals surface area contributed by atoms with Gasteiger partial charge in [0.2, 0.25) is 0 Å². The summed E-state index contributed by atoms with van der Waals surface area (Å²) >= 11 is 0. The quantitative estimate of drug-likeness (QED) is 0.156. The summed E-state index contributed by atoms with van der Waals surface area (Å²) in [5.41, 5.74) is 19.1. The van der Waals surface area contributed by atoms with Gasteiger partial charge in [-0.1, -0.05) is 145 Å². The van der Waals surface area contributed by atoms with Crippen LogP contribution in [0.2, 0.25) is 0 Å². The zero-order valence-electron chi connectivity index (χ0n) is 37.9. The maximum atomic E-state index is 12.4. The van der Waals surface area contributed by atoms with Gasteiger partial charge < -0.3 is 25.1 Å². The number of phenolic OH excluding ortho intramolecular Hbond substituents is 1. The van der Waals surface area contributed by atoms with Crippen molar-refractivity contribution in [2.45, 2.75) is 157 Å². The Hall–Kier alpha value is -3.96. The van der Waals surface area contributed by atoms with Crippen LogP contribution in [0.3, 0.4) is 0 Å². The SMILES string of the molecule is CCCOc1c2cc(C(C)(C)C)cc1Cc1cc(C(C)(C)C)cc(c1OCCN)Cc1cc(C(C)(C)C)cc(c1OCCC)Cc1cc(C(C)(C)C)cc(c1O)C2. The van der Waals surface area contributed by atoms with Crippen molar-refractivity contribution in [3.63, 3.8) is 0 Å². The third kappa shape index (κ3) is 10.4. The Morgan fingerprint density at radius 1 is 0.421 bits per heavy atom. The summed E-state index contributed by atoms with van der Waals surface area (Å²) < 4.78 is 20.4. The highest BCUT2D eigenvalue weighted by Crippen LogP contribution is 2.44. The predicted molar refractivity (Wildman–Crippen MR) is 240 cm³/mol. The molecule has 5 nitrogen and oxygen atoms in total. The number of hydrogen-bond acceptors (Lipinski definition) is 5. The van der Waals surface area contributed by atoms with Crippen molar-refractivity contribution in [2.75, 3.05) is 26.4 Å². The van der Waals surface area contributed by atoms with Gasteiger partial charge in [-0.2, -0.15) is 0 Å². The summed E-state index contributed by atoms with van der Waals surface area (Å²) in [7, 11) is 0. The van der Waals surface area contributed by atoms with Crippen molar-refractivity contribution in [3.05, 3.63) is 115 Å². The average molecular weight is 776 g/mol. The van der Waals surface area contributed by atoms with E-state index in [2.05, 4.69) is 145 Å². The summed E-state index contributed by atoms with van der Waals surface area (Å²) in [6.07, 6.45) is 4.10. The fourth-order valence-electron chi connectivity index (χ4n) is 7.76. The minimum Gasteiger partial charge on any atom is -0.507 e. The molecule has 5 rings (SSSR count). The van der Waals surface area contributed by atoms with Crippen LogP contribution in [-0.4, -0.2) is 31.5 Å². The first-order valence-corrected chi connectivity index (χ1v) is 21.5. The van der Waals surface area contributed by atoms with E-state index in [0.717, 1.165) is 74.6 Å². The molecule has 0 heterocycles. The third-order valence-corrected chi connectivity index (χ3v) is 11.2. The molecule has 0 aliphatic heterocycles. The Morgan fingerprint density at radius 2 is 0.649 bits per heavy atom. The highest BCUT2D eigenvalue weighted by molar-refractivity contribution is 5.59. The largest absolute Gasteiger partial charge is 0.507 e. The van der Waals surface area contributed by atoms with Crippen LogP contribution in [-0.2, 0) is 47.3 Å². The van der Waals surface area contributed by atoms with Crippen LogP contribution in [0.5, 0.6) is 23.0 Å². The molecule has 4 aromatic rings. The first-order valence-electron chi connectivity index (χ1n) is 21.5. The van der Waals surface area contributed by atoms with E-state index in [0.29, 0.717) is 57.8 Å². The van der Waals surface area contributed by atoms with E-state index in [1.807, 2.05) is 0 Å². The van der Waals surface area contributed by atoms with Crippen LogP contribution in [0.15, 0.2) is 48.5 Å². The van der Waals surface area contributed by atoms with Crippen LogP contribution in [0, 0.1) is 0 Å². The van der Waals surface area contributed by atoms with E-state index in [4.69, 9.17) is 19.9 Å². The van der Waals surface area contributed by atoms with Gasteiger partial charge in [-0.25, -0.2) is 0 Å². The molecule has 1 aliphatic carbocycles. The number of rotatable bonds is 9. The van der Waals surface area contributed by atoms with Crippen LogP contribution in [0.1, 0.15) is 177 Å². The van der Waals surface area contributed by atoms with Gasteiger partial charge in [-0.3, -0.25) is 0 Å². The lowest BCUT2D eigenvalue weighted by Crippen LogP contribution is -2.18. The standard InChI is InChI=1S/C52H73NO4/c1-15-18-55-46-35-21-33-25-41(49(3,4)5)26-34(45(33)54)22-36-28-43(51(9,10)11)30-38(47(36)56-19-16-2)24-40-32-44(52(12,13)14)31-39(48(40)57-20-17-53)23-37(46)29-42(27-35)50(6,7)8/h25-32,54H,15-24,53H2,1-14H3. The van der Waals surface area contributed by atoms with Crippen LogP contribution < -0.4 is 19.9 Å². The Morgan fingerprint density at radius 3 is 0.877 bits per heavy atom. The summed E-state index contributed by atoms with van der Waals surface area (Å²) in [6, 6.07) is 18.5. The summed E-state index contributed by atoms with van der Waals surface area (Å²) in [4.78, 5) is 0. The van der Waals surface area contributed by atoms with E-state index < -0.39 is 0 Å². The third-order valence-electron chi connectivity index (χ3n) is 11.2. The maximum absolute atomic E-state index is 12.4. The molecule has 5 heteroatoms. The van der Waals surface area contributed by atoms with Crippen molar-refractivity contribution in [2.24, 2.45) is 5.73 Å². The average Bonchev–Trinajstić information content (AvgIpc) is 3.09.